The molecule has 0 amide bonds. The Kier molecular flexibility index (Phi) is 4.57. The molecule has 16 heavy (non-hydrogen) atoms. The number of hydrogen-bond acceptors (Lipinski definition) is 3. The van der Waals surface area contributed by atoms with Crippen molar-refractivity contribution in [2.45, 2.75) is 50.4 Å². The van der Waals surface area contributed by atoms with Crippen molar-refractivity contribution in [3.63, 3.8) is 0 Å². The molecule has 1 aliphatic carbocycles. The van der Waals surface area contributed by atoms with Crippen LogP contribution in [0.4, 0.5) is 0 Å². The Balaban J connectivity index is 2.04. The zero-order valence-corrected chi connectivity index (χ0v) is 11.7. The molecular formula is C13H26N2S. The van der Waals surface area contributed by atoms with E-state index >= 15 is 0 Å². The second-order valence-electron chi connectivity index (χ2n) is 5.53. The molecule has 1 saturated carbocycles. The second kappa shape index (κ2) is 5.74. The van der Waals surface area contributed by atoms with E-state index in [1.54, 1.807) is 0 Å². The SMILES string of the molecule is CSC1CCCC1N1CCNCC1C(C)C. The molecular weight excluding hydrogens is 216 g/mol. The lowest BCUT2D eigenvalue weighted by atomic mass is 9.98. The molecule has 0 aromatic carbocycles. The summed E-state index contributed by atoms with van der Waals surface area (Å²) in [6.07, 6.45) is 6.58. The van der Waals surface area contributed by atoms with Gasteiger partial charge in [-0.2, -0.15) is 11.8 Å². The second-order valence-corrected chi connectivity index (χ2v) is 6.60. The maximum absolute atomic E-state index is 3.55. The van der Waals surface area contributed by atoms with Gasteiger partial charge in [0.15, 0.2) is 0 Å². The predicted octanol–water partition coefficient (Wildman–Crippen LogP) is 2.20. The summed E-state index contributed by atoms with van der Waals surface area (Å²) in [7, 11) is 0. The molecule has 2 nitrogen and oxygen atoms in total. The van der Waals surface area contributed by atoms with Crippen LogP contribution in [0.3, 0.4) is 0 Å². The van der Waals surface area contributed by atoms with Crippen LogP contribution in [-0.4, -0.2) is 48.1 Å². The molecule has 1 aliphatic heterocycles. The van der Waals surface area contributed by atoms with Crippen molar-refractivity contribution in [3.8, 4) is 0 Å². The fourth-order valence-electron chi connectivity index (χ4n) is 3.33. The minimum Gasteiger partial charge on any atom is -0.314 e. The van der Waals surface area contributed by atoms with Crippen molar-refractivity contribution in [2.24, 2.45) is 5.92 Å². The molecule has 2 aliphatic rings. The van der Waals surface area contributed by atoms with Gasteiger partial charge in [0, 0.05) is 37.0 Å². The highest BCUT2D eigenvalue weighted by molar-refractivity contribution is 7.99. The van der Waals surface area contributed by atoms with Crippen molar-refractivity contribution in [1.82, 2.24) is 10.2 Å². The summed E-state index contributed by atoms with van der Waals surface area (Å²) in [5.74, 6) is 0.774. The van der Waals surface area contributed by atoms with Crippen LogP contribution in [0.2, 0.25) is 0 Å². The minimum absolute atomic E-state index is 0.756. The summed E-state index contributed by atoms with van der Waals surface area (Å²) in [5.41, 5.74) is 0. The molecule has 0 spiro atoms. The molecule has 0 aromatic heterocycles. The molecule has 1 heterocycles. The Bertz CT molecular complexity index is 220. The number of thioether (sulfide) groups is 1. The maximum Gasteiger partial charge on any atom is 0.0247 e. The largest absolute Gasteiger partial charge is 0.314 e. The first-order valence-corrected chi connectivity index (χ1v) is 8.02. The van der Waals surface area contributed by atoms with Crippen LogP contribution >= 0.6 is 11.8 Å². The molecule has 0 aromatic rings. The molecule has 94 valence electrons. The first kappa shape index (κ1) is 12.7. The van der Waals surface area contributed by atoms with E-state index in [9.17, 15) is 0 Å². The third-order valence-electron chi connectivity index (χ3n) is 4.24. The fraction of sp³-hybridized carbons (Fsp3) is 1.00. The van der Waals surface area contributed by atoms with Crippen LogP contribution in [0, 0.1) is 5.92 Å². The molecule has 1 saturated heterocycles. The van der Waals surface area contributed by atoms with Gasteiger partial charge >= 0.3 is 0 Å². The quantitative estimate of drug-likeness (QED) is 0.817. The average molecular weight is 242 g/mol. The van der Waals surface area contributed by atoms with Crippen molar-refractivity contribution in [1.29, 1.82) is 0 Å². The van der Waals surface area contributed by atoms with E-state index in [4.69, 9.17) is 0 Å². The molecule has 1 N–H and O–H groups in total. The molecule has 3 unspecified atom stereocenters. The number of hydrogen-bond donors (Lipinski definition) is 1. The molecule has 3 heteroatoms. The first-order valence-electron chi connectivity index (χ1n) is 6.73. The number of nitrogens with one attached hydrogen (secondary N) is 1. The Morgan fingerprint density at radius 2 is 2.12 bits per heavy atom. The minimum atomic E-state index is 0.756. The van der Waals surface area contributed by atoms with Crippen LogP contribution < -0.4 is 5.32 Å². The van der Waals surface area contributed by atoms with Gasteiger partial charge in [0.05, 0.1) is 0 Å². The van der Waals surface area contributed by atoms with Gasteiger partial charge < -0.3 is 5.32 Å². The Morgan fingerprint density at radius 3 is 2.81 bits per heavy atom. The van der Waals surface area contributed by atoms with Crippen molar-refractivity contribution >= 4 is 11.8 Å². The van der Waals surface area contributed by atoms with Crippen LogP contribution in [0.1, 0.15) is 33.1 Å². The van der Waals surface area contributed by atoms with Gasteiger partial charge in [-0.3, -0.25) is 4.90 Å². The predicted molar refractivity (Wildman–Crippen MR) is 73.1 cm³/mol. The molecule has 2 rings (SSSR count). The van der Waals surface area contributed by atoms with Gasteiger partial charge in [-0.1, -0.05) is 20.3 Å². The standard InChI is InChI=1S/C13H26N2S/c1-10(2)12-9-14-7-8-15(12)11-5-4-6-13(11)16-3/h10-14H,4-9H2,1-3H3. The zero-order chi connectivity index (χ0) is 11.5. The summed E-state index contributed by atoms with van der Waals surface area (Å²) in [4.78, 5) is 2.81. The fourth-order valence-corrected chi connectivity index (χ4v) is 4.34. The zero-order valence-electron chi connectivity index (χ0n) is 10.9. The van der Waals surface area contributed by atoms with Gasteiger partial charge in [0.2, 0.25) is 0 Å². The van der Waals surface area contributed by atoms with E-state index < -0.39 is 0 Å². The van der Waals surface area contributed by atoms with Crippen molar-refractivity contribution in [3.05, 3.63) is 0 Å². The third-order valence-corrected chi connectivity index (χ3v) is 5.40. The van der Waals surface area contributed by atoms with Gasteiger partial charge in [0.25, 0.3) is 0 Å². The first-order chi connectivity index (χ1) is 7.74. The average Bonchev–Trinajstić information content (AvgIpc) is 2.76. The van der Waals surface area contributed by atoms with E-state index in [-0.39, 0.29) is 0 Å². The summed E-state index contributed by atoms with van der Waals surface area (Å²) < 4.78 is 0. The summed E-state index contributed by atoms with van der Waals surface area (Å²) in [6, 6.07) is 1.61. The van der Waals surface area contributed by atoms with Crippen LogP contribution in [0.25, 0.3) is 0 Å². The highest BCUT2D eigenvalue weighted by Crippen LogP contribution is 2.34. The van der Waals surface area contributed by atoms with Gasteiger partial charge in [-0.05, 0) is 25.0 Å². The monoisotopic (exact) mass is 242 g/mol. The number of piperazine rings is 1. The highest BCUT2D eigenvalue weighted by Gasteiger charge is 2.37. The van der Waals surface area contributed by atoms with E-state index in [1.807, 2.05) is 0 Å². The van der Waals surface area contributed by atoms with Crippen molar-refractivity contribution in [2.75, 3.05) is 25.9 Å². The van der Waals surface area contributed by atoms with E-state index in [2.05, 4.69) is 42.1 Å². The lowest BCUT2D eigenvalue weighted by Gasteiger charge is -2.44. The third kappa shape index (κ3) is 2.57. The van der Waals surface area contributed by atoms with E-state index in [0.29, 0.717) is 0 Å². The molecule has 0 bridgehead atoms. The van der Waals surface area contributed by atoms with Gasteiger partial charge in [0.1, 0.15) is 0 Å². The van der Waals surface area contributed by atoms with Crippen molar-refractivity contribution < 1.29 is 0 Å². The Hall–Kier alpha value is 0.270. The maximum atomic E-state index is 3.55. The lowest BCUT2D eigenvalue weighted by molar-refractivity contribution is 0.0815. The lowest BCUT2D eigenvalue weighted by Crippen LogP contribution is -2.58. The van der Waals surface area contributed by atoms with E-state index in [1.165, 1.54) is 38.9 Å². The highest BCUT2D eigenvalue weighted by atomic mass is 32.2. The van der Waals surface area contributed by atoms with E-state index in [0.717, 1.165) is 23.3 Å². The molecule has 0 radical (unpaired) electrons. The Labute approximate surface area is 105 Å². The number of nitrogens with zero attached hydrogens (tertiary/aromatic N) is 1. The summed E-state index contributed by atoms with van der Waals surface area (Å²) in [5, 5.41) is 4.44. The van der Waals surface area contributed by atoms with Gasteiger partial charge in [-0.25, -0.2) is 0 Å². The van der Waals surface area contributed by atoms with Crippen LogP contribution in [-0.2, 0) is 0 Å². The number of rotatable bonds is 3. The summed E-state index contributed by atoms with van der Waals surface area (Å²) in [6.45, 7) is 8.36. The smallest absolute Gasteiger partial charge is 0.0247 e. The molecule has 2 fully saturated rings. The van der Waals surface area contributed by atoms with Gasteiger partial charge in [-0.15, -0.1) is 0 Å². The van der Waals surface area contributed by atoms with Crippen LogP contribution in [0.5, 0.6) is 0 Å². The Morgan fingerprint density at radius 1 is 1.31 bits per heavy atom. The topological polar surface area (TPSA) is 15.3 Å². The van der Waals surface area contributed by atoms with Crippen LogP contribution in [0.15, 0.2) is 0 Å². The normalized spacial score (nSPS) is 37.1. The summed E-state index contributed by atoms with van der Waals surface area (Å²) >= 11 is 2.09. The molecule has 3 atom stereocenters.